The molecule has 2 N–H and O–H groups in total. The first-order chi connectivity index (χ1) is 8.22. The minimum atomic E-state index is -0.0259. The Morgan fingerprint density at radius 1 is 1.41 bits per heavy atom. The van der Waals surface area contributed by atoms with Gasteiger partial charge in [-0.1, -0.05) is 37.3 Å². The molecule has 0 aliphatic carbocycles. The highest BCUT2D eigenvalue weighted by atomic mass is 16.2. The molecule has 1 amide bonds. The van der Waals surface area contributed by atoms with Crippen LogP contribution in [0.1, 0.15) is 31.4 Å². The van der Waals surface area contributed by atoms with E-state index in [2.05, 4.69) is 6.92 Å². The molecular formula is C14H20N2O. The number of rotatable bonds is 4. The molecule has 1 aliphatic rings. The van der Waals surface area contributed by atoms with Crippen molar-refractivity contribution in [2.75, 3.05) is 13.1 Å². The van der Waals surface area contributed by atoms with Gasteiger partial charge >= 0.3 is 0 Å². The molecule has 17 heavy (non-hydrogen) atoms. The minimum absolute atomic E-state index is 0.0259. The van der Waals surface area contributed by atoms with Crippen LogP contribution in [0.2, 0.25) is 0 Å². The van der Waals surface area contributed by atoms with Crippen LogP contribution in [0.3, 0.4) is 0 Å². The van der Waals surface area contributed by atoms with Gasteiger partial charge in [0, 0.05) is 31.5 Å². The van der Waals surface area contributed by atoms with Crippen molar-refractivity contribution in [3.8, 4) is 0 Å². The molecule has 0 spiro atoms. The monoisotopic (exact) mass is 232 g/mol. The Labute approximate surface area is 103 Å². The first kappa shape index (κ1) is 12.1. The van der Waals surface area contributed by atoms with Crippen LogP contribution in [0.15, 0.2) is 30.3 Å². The van der Waals surface area contributed by atoms with Crippen LogP contribution >= 0.6 is 0 Å². The van der Waals surface area contributed by atoms with E-state index in [4.69, 9.17) is 5.73 Å². The maximum atomic E-state index is 11.8. The van der Waals surface area contributed by atoms with E-state index in [0.717, 1.165) is 25.1 Å². The van der Waals surface area contributed by atoms with Gasteiger partial charge in [0.05, 0.1) is 0 Å². The number of nitrogens with zero attached hydrogens (tertiary/aromatic N) is 1. The van der Waals surface area contributed by atoms with Crippen molar-refractivity contribution in [1.29, 1.82) is 0 Å². The van der Waals surface area contributed by atoms with Crippen LogP contribution in [0.5, 0.6) is 0 Å². The maximum Gasteiger partial charge on any atom is 0.222 e. The quantitative estimate of drug-likeness (QED) is 0.862. The largest absolute Gasteiger partial charge is 0.342 e. The molecule has 2 atom stereocenters. The van der Waals surface area contributed by atoms with E-state index in [-0.39, 0.29) is 17.9 Å². The normalized spacial score (nSPS) is 21.9. The number of carbonyl (C=O) groups is 1. The molecule has 1 aliphatic heterocycles. The molecule has 1 aromatic carbocycles. The summed E-state index contributed by atoms with van der Waals surface area (Å²) in [6.45, 7) is 3.76. The van der Waals surface area contributed by atoms with E-state index in [1.54, 1.807) is 0 Å². The fourth-order valence-corrected chi connectivity index (χ4v) is 2.48. The average molecular weight is 232 g/mol. The van der Waals surface area contributed by atoms with Gasteiger partial charge in [-0.2, -0.15) is 0 Å². The Kier molecular flexibility index (Phi) is 3.79. The second-order valence-corrected chi connectivity index (χ2v) is 4.74. The summed E-state index contributed by atoms with van der Waals surface area (Å²) in [6, 6.07) is 10.0. The molecule has 1 heterocycles. The first-order valence-electron chi connectivity index (χ1n) is 6.30. The van der Waals surface area contributed by atoms with Gasteiger partial charge in [0.2, 0.25) is 5.91 Å². The van der Waals surface area contributed by atoms with E-state index in [1.807, 2.05) is 35.2 Å². The lowest BCUT2D eigenvalue weighted by molar-refractivity contribution is -0.127. The van der Waals surface area contributed by atoms with Crippen molar-refractivity contribution in [1.82, 2.24) is 4.90 Å². The summed E-state index contributed by atoms with van der Waals surface area (Å²) in [5.74, 6) is 0.514. The van der Waals surface area contributed by atoms with Crippen LogP contribution in [0.4, 0.5) is 0 Å². The number of benzene rings is 1. The van der Waals surface area contributed by atoms with E-state index >= 15 is 0 Å². The van der Waals surface area contributed by atoms with Crippen LogP contribution < -0.4 is 5.73 Å². The number of hydrogen-bond acceptors (Lipinski definition) is 2. The molecule has 1 saturated heterocycles. The summed E-state index contributed by atoms with van der Waals surface area (Å²) in [6.07, 6.45) is 1.61. The highest BCUT2D eigenvalue weighted by Crippen LogP contribution is 2.28. The lowest BCUT2D eigenvalue weighted by Crippen LogP contribution is -2.28. The number of carbonyl (C=O) groups excluding carboxylic acids is 1. The van der Waals surface area contributed by atoms with Gasteiger partial charge < -0.3 is 10.6 Å². The molecule has 0 aromatic heterocycles. The Bertz CT molecular complexity index is 377. The fourth-order valence-electron chi connectivity index (χ4n) is 2.48. The summed E-state index contributed by atoms with van der Waals surface area (Å²) >= 11 is 0. The van der Waals surface area contributed by atoms with Crippen molar-refractivity contribution in [3.63, 3.8) is 0 Å². The van der Waals surface area contributed by atoms with Gasteiger partial charge in [0.15, 0.2) is 0 Å². The zero-order valence-corrected chi connectivity index (χ0v) is 10.3. The van der Waals surface area contributed by atoms with Crippen molar-refractivity contribution >= 4 is 5.91 Å². The molecule has 0 radical (unpaired) electrons. The van der Waals surface area contributed by atoms with Crippen molar-refractivity contribution < 1.29 is 4.79 Å². The zero-order chi connectivity index (χ0) is 12.3. The lowest BCUT2D eigenvalue weighted by atomic mass is 9.93. The Hall–Kier alpha value is -1.35. The Morgan fingerprint density at radius 3 is 2.76 bits per heavy atom. The smallest absolute Gasteiger partial charge is 0.222 e. The molecular weight excluding hydrogens is 212 g/mol. The van der Waals surface area contributed by atoms with E-state index < -0.39 is 0 Å². The molecule has 3 nitrogen and oxygen atoms in total. The van der Waals surface area contributed by atoms with Gasteiger partial charge in [0.25, 0.3) is 0 Å². The summed E-state index contributed by atoms with van der Waals surface area (Å²) in [5.41, 5.74) is 7.37. The highest BCUT2D eigenvalue weighted by Gasteiger charge is 2.33. The van der Waals surface area contributed by atoms with Crippen LogP contribution in [-0.4, -0.2) is 23.9 Å². The van der Waals surface area contributed by atoms with Crippen LogP contribution in [0, 0.1) is 5.92 Å². The molecule has 2 rings (SSSR count). The number of nitrogens with two attached hydrogens (primary N) is 1. The van der Waals surface area contributed by atoms with Gasteiger partial charge in [-0.3, -0.25) is 4.79 Å². The third-order valence-corrected chi connectivity index (χ3v) is 3.43. The molecule has 2 unspecified atom stereocenters. The molecule has 3 heteroatoms. The zero-order valence-electron chi connectivity index (χ0n) is 10.3. The van der Waals surface area contributed by atoms with Crippen LogP contribution in [-0.2, 0) is 4.79 Å². The molecule has 0 saturated carbocycles. The van der Waals surface area contributed by atoms with E-state index in [0.29, 0.717) is 6.42 Å². The fraction of sp³-hybridized carbons (Fsp3) is 0.500. The third kappa shape index (κ3) is 2.67. The average Bonchev–Trinajstić information content (AvgIpc) is 2.72. The topological polar surface area (TPSA) is 46.3 Å². The van der Waals surface area contributed by atoms with Crippen LogP contribution in [0.25, 0.3) is 0 Å². The van der Waals surface area contributed by atoms with Gasteiger partial charge in [0.1, 0.15) is 0 Å². The third-order valence-electron chi connectivity index (χ3n) is 3.43. The highest BCUT2D eigenvalue weighted by molar-refractivity contribution is 5.78. The van der Waals surface area contributed by atoms with E-state index in [9.17, 15) is 4.79 Å². The summed E-state index contributed by atoms with van der Waals surface area (Å²) < 4.78 is 0. The second-order valence-electron chi connectivity index (χ2n) is 4.74. The van der Waals surface area contributed by atoms with E-state index in [1.165, 1.54) is 0 Å². The molecule has 1 fully saturated rings. The Morgan fingerprint density at radius 2 is 2.12 bits per heavy atom. The Balaban J connectivity index is 2.03. The van der Waals surface area contributed by atoms with Gasteiger partial charge in [-0.05, 0) is 12.0 Å². The van der Waals surface area contributed by atoms with Crippen molar-refractivity contribution in [2.24, 2.45) is 11.7 Å². The summed E-state index contributed by atoms with van der Waals surface area (Å²) in [7, 11) is 0. The lowest BCUT2D eigenvalue weighted by Gasteiger charge is -2.20. The van der Waals surface area contributed by atoms with Crippen molar-refractivity contribution in [3.05, 3.63) is 35.9 Å². The summed E-state index contributed by atoms with van der Waals surface area (Å²) in [4.78, 5) is 13.7. The van der Waals surface area contributed by atoms with Gasteiger partial charge in [-0.15, -0.1) is 0 Å². The standard InChI is InChI=1S/C14H20N2O/c1-2-8-16-10-12(9-13(16)17)14(15)11-6-4-3-5-7-11/h3-7,12,14H,2,8-10,15H2,1H3. The van der Waals surface area contributed by atoms with Crippen molar-refractivity contribution in [2.45, 2.75) is 25.8 Å². The SMILES string of the molecule is CCCN1CC(C(N)c2ccccc2)CC1=O. The minimum Gasteiger partial charge on any atom is -0.342 e. The number of amides is 1. The second kappa shape index (κ2) is 5.32. The molecule has 1 aromatic rings. The molecule has 0 bridgehead atoms. The maximum absolute atomic E-state index is 11.8. The first-order valence-corrected chi connectivity index (χ1v) is 6.30. The predicted octanol–water partition coefficient (Wildman–Crippen LogP) is 1.94. The van der Waals surface area contributed by atoms with Gasteiger partial charge in [-0.25, -0.2) is 0 Å². The predicted molar refractivity (Wildman–Crippen MR) is 68.3 cm³/mol. The summed E-state index contributed by atoms with van der Waals surface area (Å²) in [5, 5.41) is 0. The number of likely N-dealkylation sites (tertiary alicyclic amines) is 1. The molecule has 92 valence electrons. The number of hydrogen-bond donors (Lipinski definition) is 1.